The molecule has 8 heteroatoms. The van der Waals surface area contributed by atoms with Gasteiger partial charge >= 0.3 is 11.9 Å². The first kappa shape index (κ1) is 33.0. The molecule has 0 saturated carbocycles. The molecule has 0 heterocycles. The zero-order valence-corrected chi connectivity index (χ0v) is 20.4. The lowest BCUT2D eigenvalue weighted by atomic mass is 9.74. The van der Waals surface area contributed by atoms with Crippen molar-refractivity contribution in [1.29, 1.82) is 0 Å². The minimum Gasteiger partial charge on any atom is -0.481 e. The second-order valence-corrected chi connectivity index (χ2v) is 8.13. The van der Waals surface area contributed by atoms with E-state index < -0.39 is 17.4 Å². The van der Waals surface area contributed by atoms with Crippen LogP contribution in [0.25, 0.3) is 0 Å². The fourth-order valence-corrected chi connectivity index (χ4v) is 3.45. The molecular formula is C24H48O8. The summed E-state index contributed by atoms with van der Waals surface area (Å²) >= 11 is 0. The molecule has 0 amide bonds. The minimum atomic E-state index is -0.732. The van der Waals surface area contributed by atoms with Gasteiger partial charge in [0.1, 0.15) is 0 Å². The monoisotopic (exact) mass is 464 g/mol. The number of hydrogen-bond donors (Lipinski definition) is 4. The number of carboxylic acid groups (broad SMARTS) is 2. The van der Waals surface area contributed by atoms with Crippen LogP contribution in [0.5, 0.6) is 0 Å². The molecule has 32 heavy (non-hydrogen) atoms. The van der Waals surface area contributed by atoms with E-state index in [-0.39, 0.29) is 19.6 Å². The molecule has 4 N–H and O–H groups in total. The highest BCUT2D eigenvalue weighted by Crippen LogP contribution is 2.37. The van der Waals surface area contributed by atoms with Gasteiger partial charge in [-0.3, -0.25) is 9.59 Å². The lowest BCUT2D eigenvalue weighted by molar-refractivity contribution is -0.150. The quantitative estimate of drug-likeness (QED) is 0.175. The number of aliphatic hydroxyl groups is 2. The highest BCUT2D eigenvalue weighted by molar-refractivity contribution is 5.74. The first-order valence-corrected chi connectivity index (χ1v) is 12.2. The van der Waals surface area contributed by atoms with E-state index in [0.717, 1.165) is 77.0 Å². The lowest BCUT2D eigenvalue weighted by Crippen LogP contribution is -2.31. The van der Waals surface area contributed by atoms with E-state index in [4.69, 9.17) is 24.8 Å². The normalized spacial score (nSPS) is 11.1. The van der Waals surface area contributed by atoms with Gasteiger partial charge in [-0.25, -0.2) is 0 Å². The Labute approximate surface area is 194 Å². The predicted molar refractivity (Wildman–Crippen MR) is 125 cm³/mol. The van der Waals surface area contributed by atoms with Crippen LogP contribution >= 0.6 is 0 Å². The van der Waals surface area contributed by atoms with Gasteiger partial charge in [-0.05, 0) is 25.7 Å². The van der Waals surface area contributed by atoms with Gasteiger partial charge in [0, 0.05) is 6.42 Å². The van der Waals surface area contributed by atoms with Gasteiger partial charge < -0.3 is 29.9 Å². The van der Waals surface area contributed by atoms with Crippen molar-refractivity contribution in [3.63, 3.8) is 0 Å². The van der Waals surface area contributed by atoms with E-state index in [1.54, 1.807) is 0 Å². The fraction of sp³-hybridized carbons (Fsp3) is 0.917. The van der Waals surface area contributed by atoms with Crippen molar-refractivity contribution >= 4 is 11.9 Å². The van der Waals surface area contributed by atoms with Crippen molar-refractivity contribution < 1.29 is 39.5 Å². The molecule has 0 fully saturated rings. The number of aliphatic carboxylic acids is 2. The average Bonchev–Trinajstić information content (AvgIpc) is 2.77. The van der Waals surface area contributed by atoms with Crippen LogP contribution in [0.15, 0.2) is 0 Å². The molecule has 0 aromatic rings. The third-order valence-corrected chi connectivity index (χ3v) is 5.36. The van der Waals surface area contributed by atoms with Gasteiger partial charge in [-0.2, -0.15) is 0 Å². The molecule has 8 nitrogen and oxygen atoms in total. The molecule has 192 valence electrons. The Bertz CT molecular complexity index is 412. The maximum atomic E-state index is 11.8. The number of carbonyl (C=O) groups is 2. The Balaban J connectivity index is 0. The number of aliphatic hydroxyl groups excluding tert-OH is 2. The summed E-state index contributed by atoms with van der Waals surface area (Å²) in [5.74, 6) is -1.36. The first-order valence-electron chi connectivity index (χ1n) is 12.2. The maximum absolute atomic E-state index is 11.8. The molecule has 0 aromatic heterocycles. The van der Waals surface area contributed by atoms with Crippen LogP contribution in [0.2, 0.25) is 0 Å². The second kappa shape index (κ2) is 24.4. The number of carboxylic acids is 2. The molecule has 0 aliphatic carbocycles. The summed E-state index contributed by atoms with van der Waals surface area (Å²) in [7, 11) is 0. The predicted octanol–water partition coefficient (Wildman–Crippen LogP) is 4.26. The largest absolute Gasteiger partial charge is 0.481 e. The van der Waals surface area contributed by atoms with Crippen LogP contribution < -0.4 is 0 Å². The molecule has 0 atom stereocenters. The molecule has 0 saturated heterocycles. The van der Waals surface area contributed by atoms with Crippen LogP contribution in [0.3, 0.4) is 0 Å². The zero-order valence-electron chi connectivity index (χ0n) is 20.4. The van der Waals surface area contributed by atoms with E-state index in [1.165, 1.54) is 0 Å². The number of hydrogen-bond acceptors (Lipinski definition) is 6. The summed E-state index contributed by atoms with van der Waals surface area (Å²) < 4.78 is 9.75. The van der Waals surface area contributed by atoms with Crippen molar-refractivity contribution in [2.75, 3.05) is 39.6 Å². The highest BCUT2D eigenvalue weighted by Gasteiger charge is 2.36. The highest BCUT2D eigenvalue weighted by atomic mass is 16.5. The lowest BCUT2D eigenvalue weighted by Gasteiger charge is -2.29. The summed E-state index contributed by atoms with van der Waals surface area (Å²) in [4.78, 5) is 22.2. The molecule has 0 aromatic carbocycles. The maximum Gasteiger partial charge on any atom is 0.309 e. The van der Waals surface area contributed by atoms with Crippen molar-refractivity contribution in [3.05, 3.63) is 0 Å². The fourth-order valence-electron chi connectivity index (χ4n) is 3.45. The summed E-state index contributed by atoms with van der Waals surface area (Å²) in [5, 5.41) is 34.8. The van der Waals surface area contributed by atoms with E-state index in [1.807, 2.05) is 0 Å². The van der Waals surface area contributed by atoms with Gasteiger partial charge in [0.15, 0.2) is 0 Å². The third-order valence-electron chi connectivity index (χ3n) is 5.36. The Kier molecular flexibility index (Phi) is 25.2. The summed E-state index contributed by atoms with van der Waals surface area (Å²) in [6, 6.07) is 0. The molecular weight excluding hydrogens is 416 g/mol. The number of rotatable bonds is 22. The van der Waals surface area contributed by atoms with Crippen LogP contribution in [0.4, 0.5) is 0 Å². The van der Waals surface area contributed by atoms with E-state index in [2.05, 4.69) is 13.8 Å². The topological polar surface area (TPSA) is 134 Å². The van der Waals surface area contributed by atoms with Crippen LogP contribution in [0.1, 0.15) is 97.3 Å². The van der Waals surface area contributed by atoms with Gasteiger partial charge in [-0.15, -0.1) is 0 Å². The molecule has 0 spiro atoms. The molecule has 0 unspecified atom stereocenters. The molecule has 0 bridgehead atoms. The average molecular weight is 465 g/mol. The standard InChI is InChI=1S/C18H34O4.C6H14O4/c1-3-5-13-18(17(21)22,14-6-4-2)15-11-9-7-8-10-12-16(19)20;7-1-3-9-5-6-10-4-2-8/h3-15H2,1-2H3,(H,19,20)(H,21,22);7-8H,1-6H2. The second-order valence-electron chi connectivity index (χ2n) is 8.13. The van der Waals surface area contributed by atoms with Crippen molar-refractivity contribution in [2.24, 2.45) is 5.41 Å². The smallest absolute Gasteiger partial charge is 0.309 e. The zero-order chi connectivity index (χ0) is 24.5. The van der Waals surface area contributed by atoms with Crippen molar-refractivity contribution in [3.8, 4) is 0 Å². The first-order chi connectivity index (χ1) is 15.4. The minimum absolute atomic E-state index is 0.0417. The van der Waals surface area contributed by atoms with Gasteiger partial charge in [0.25, 0.3) is 0 Å². The van der Waals surface area contributed by atoms with E-state index in [9.17, 15) is 14.7 Å². The summed E-state index contributed by atoms with van der Waals surface area (Å²) in [6.45, 7) is 5.94. The molecule has 0 aliphatic rings. The van der Waals surface area contributed by atoms with Crippen molar-refractivity contribution in [2.45, 2.75) is 97.3 Å². The Hall–Kier alpha value is -1.22. The van der Waals surface area contributed by atoms with E-state index in [0.29, 0.717) is 26.4 Å². The van der Waals surface area contributed by atoms with Crippen LogP contribution in [-0.2, 0) is 19.1 Å². The Morgan fingerprint density at radius 3 is 1.50 bits per heavy atom. The number of ether oxygens (including phenoxy) is 2. The van der Waals surface area contributed by atoms with E-state index >= 15 is 0 Å². The SMILES string of the molecule is CCCCC(CCCC)(CCCCCCCC(=O)O)C(=O)O.OCCOCCOCCO. The third kappa shape index (κ3) is 20.7. The van der Waals surface area contributed by atoms with Crippen LogP contribution in [0, 0.1) is 5.41 Å². The summed E-state index contributed by atoms with van der Waals surface area (Å²) in [6.07, 6.45) is 11.2. The number of unbranched alkanes of at least 4 members (excludes halogenated alkanes) is 6. The van der Waals surface area contributed by atoms with Crippen LogP contribution in [-0.4, -0.2) is 72.0 Å². The van der Waals surface area contributed by atoms with Gasteiger partial charge in [0.2, 0.25) is 0 Å². The molecule has 0 aliphatic heterocycles. The molecule has 0 radical (unpaired) electrons. The van der Waals surface area contributed by atoms with Gasteiger partial charge in [0.05, 0.1) is 45.1 Å². The van der Waals surface area contributed by atoms with Crippen molar-refractivity contribution in [1.82, 2.24) is 0 Å². The molecule has 0 rings (SSSR count). The Morgan fingerprint density at radius 2 is 1.09 bits per heavy atom. The summed E-state index contributed by atoms with van der Waals surface area (Å²) in [5.41, 5.74) is -0.535. The Morgan fingerprint density at radius 1 is 0.656 bits per heavy atom. The van der Waals surface area contributed by atoms with Gasteiger partial charge in [-0.1, -0.05) is 65.2 Å².